The van der Waals surface area contributed by atoms with Gasteiger partial charge in [-0.3, -0.25) is 0 Å². The van der Waals surface area contributed by atoms with Gasteiger partial charge in [-0.25, -0.2) is 9.97 Å². The van der Waals surface area contributed by atoms with Crippen molar-refractivity contribution < 1.29 is 28.4 Å². The van der Waals surface area contributed by atoms with Gasteiger partial charge >= 0.3 is 0 Å². The molecule has 0 saturated carbocycles. The Labute approximate surface area is 345 Å². The van der Waals surface area contributed by atoms with E-state index < -0.39 is 0 Å². The summed E-state index contributed by atoms with van der Waals surface area (Å²) in [5, 5.41) is 16.7. The zero-order valence-corrected chi connectivity index (χ0v) is 35.6. The number of methoxy groups -OCH3 is 4. The molecule has 0 amide bonds. The highest BCUT2D eigenvalue weighted by Gasteiger charge is 2.23. The van der Waals surface area contributed by atoms with E-state index in [-0.39, 0.29) is 0 Å². The molecule has 0 bridgehead atoms. The predicted molar refractivity (Wildman–Crippen MR) is 230 cm³/mol. The van der Waals surface area contributed by atoms with Gasteiger partial charge in [0, 0.05) is 101 Å². The van der Waals surface area contributed by atoms with E-state index in [2.05, 4.69) is 72.1 Å². The number of hydrogen-bond acceptors (Lipinski definition) is 16. The van der Waals surface area contributed by atoms with Gasteiger partial charge in [0.2, 0.25) is 11.9 Å². The van der Waals surface area contributed by atoms with Crippen molar-refractivity contribution in [2.45, 2.75) is 12.8 Å². The van der Waals surface area contributed by atoms with E-state index in [1.165, 1.54) is 0 Å². The molecule has 2 aliphatic rings. The molecule has 4 heterocycles. The molecule has 16 nitrogen and oxygen atoms in total. The number of nitrogens with one attached hydrogen (secondary N) is 5. The van der Waals surface area contributed by atoms with E-state index in [0.29, 0.717) is 48.4 Å². The van der Waals surface area contributed by atoms with E-state index in [9.17, 15) is 0 Å². The number of anilines is 6. The number of nitrogens with zero attached hydrogens (tertiary/aromatic N) is 5. The molecule has 2 aromatic carbocycles. The second-order valence-electron chi connectivity index (χ2n) is 13.1. The van der Waals surface area contributed by atoms with Gasteiger partial charge < -0.3 is 59.9 Å². The van der Waals surface area contributed by atoms with Crippen molar-refractivity contribution in [2.24, 2.45) is 11.8 Å². The summed E-state index contributed by atoms with van der Waals surface area (Å²) in [6, 6.07) is 15.1. The number of aromatic nitrogens is 4. The van der Waals surface area contributed by atoms with Crippen LogP contribution in [0.3, 0.4) is 0 Å². The highest BCUT2D eigenvalue weighted by Crippen LogP contribution is 2.33. The molecule has 2 atom stereocenters. The minimum absolute atomic E-state index is 0.508. The summed E-state index contributed by atoms with van der Waals surface area (Å²) in [5.41, 5.74) is 1.70. The summed E-state index contributed by atoms with van der Waals surface area (Å²) in [5.74, 6) is 6.47. The molecule has 2 aliphatic heterocycles. The largest absolute Gasteiger partial charge is 0.493 e. The Kier molecular flexibility index (Phi) is 20.2. The maximum absolute atomic E-state index is 6.11. The lowest BCUT2D eigenvalue weighted by Crippen LogP contribution is -2.26. The van der Waals surface area contributed by atoms with Gasteiger partial charge in [-0.1, -0.05) is 15.9 Å². The number of hydrogen-bond donors (Lipinski definition) is 5. The first-order valence-corrected chi connectivity index (χ1v) is 20.2. The smallest absolute Gasteiger partial charge is 0.229 e. The molecule has 2 unspecified atom stereocenters. The standard InChI is InChI=1S/C20H29N5O3.C17H23N5O2.C3H7BrO/c1-21-19-6-8-22-20(24-19)23-16-4-5-17(27-3)18(12-16)28-14-15-7-9-25(13-15)10-11-26-2;1-18-16-6-8-20-17(22-16)21-13-3-4-14(23-2)15(9-13)24-11-12-5-7-19-10-12;1-5-3-2-4/h4-6,8,12,15H,7,9-11,13-14H2,1-3H3,(H2,21,22,23,24);3-4,6,8-9,12,19H,5,7,10-11H2,1-2H3,(H2,18,20,21,22);2-3H2,1H3. The SMILES string of the molecule is CNc1ccnc(Nc2ccc(OC)c(OCC3CCN(CCOC)C3)c2)n1.CNc1ccnc(Nc2ccc(OC)c(OCC3CCNC3)c2)n1.COCCBr. The Morgan fingerprint density at radius 2 is 1.28 bits per heavy atom. The van der Waals surface area contributed by atoms with Crippen molar-refractivity contribution in [1.29, 1.82) is 0 Å². The molecule has 0 spiro atoms. The fourth-order valence-electron chi connectivity index (χ4n) is 5.93. The summed E-state index contributed by atoms with van der Waals surface area (Å²) in [4.78, 5) is 19.6. The maximum atomic E-state index is 6.11. The molecule has 2 saturated heterocycles. The van der Waals surface area contributed by atoms with Crippen molar-refractivity contribution in [1.82, 2.24) is 30.2 Å². The topological polar surface area (TPSA) is 170 Å². The monoisotopic (exact) mass is 854 g/mol. The van der Waals surface area contributed by atoms with E-state index in [1.807, 2.05) is 62.6 Å². The number of rotatable bonds is 19. The Hall–Kier alpha value is -4.68. The van der Waals surface area contributed by atoms with E-state index >= 15 is 0 Å². The summed E-state index contributed by atoms with van der Waals surface area (Å²) >= 11 is 3.18. The lowest BCUT2D eigenvalue weighted by molar-refractivity contribution is 0.155. The highest BCUT2D eigenvalue weighted by atomic mass is 79.9. The van der Waals surface area contributed by atoms with Crippen LogP contribution in [-0.4, -0.2) is 132 Å². The molecule has 5 N–H and O–H groups in total. The lowest BCUT2D eigenvalue weighted by Gasteiger charge is -2.17. The third kappa shape index (κ3) is 15.6. The van der Waals surface area contributed by atoms with E-state index in [0.717, 1.165) is 98.6 Å². The van der Waals surface area contributed by atoms with Crippen LogP contribution in [0.25, 0.3) is 0 Å². The summed E-state index contributed by atoms with van der Waals surface area (Å²) in [6.07, 6.45) is 5.69. The molecule has 2 aromatic heterocycles. The Morgan fingerprint density at radius 1 is 0.719 bits per heavy atom. The van der Waals surface area contributed by atoms with Gasteiger partial charge in [-0.05, 0) is 62.3 Å². The van der Waals surface area contributed by atoms with Crippen molar-refractivity contribution in [2.75, 3.05) is 128 Å². The number of likely N-dealkylation sites (tertiary alicyclic amines) is 1. The van der Waals surface area contributed by atoms with Crippen molar-refractivity contribution in [3.63, 3.8) is 0 Å². The highest BCUT2D eigenvalue weighted by molar-refractivity contribution is 9.09. The number of halogens is 1. The van der Waals surface area contributed by atoms with Gasteiger partial charge in [0.25, 0.3) is 0 Å². The molecule has 312 valence electrons. The van der Waals surface area contributed by atoms with Crippen molar-refractivity contribution in [3.05, 3.63) is 60.9 Å². The average molecular weight is 856 g/mol. The second kappa shape index (κ2) is 25.5. The normalized spacial score (nSPS) is 16.0. The molecule has 4 aromatic rings. The van der Waals surface area contributed by atoms with Crippen LogP contribution in [0.15, 0.2) is 60.9 Å². The number of alkyl halides is 1. The zero-order chi connectivity index (χ0) is 40.7. The van der Waals surface area contributed by atoms with Crippen LogP contribution in [-0.2, 0) is 9.47 Å². The van der Waals surface area contributed by atoms with Gasteiger partial charge in [0.15, 0.2) is 23.0 Å². The van der Waals surface area contributed by atoms with Crippen LogP contribution in [0.4, 0.5) is 34.9 Å². The predicted octanol–water partition coefficient (Wildman–Crippen LogP) is 5.90. The maximum Gasteiger partial charge on any atom is 0.229 e. The summed E-state index contributed by atoms with van der Waals surface area (Å²) in [7, 11) is 10.4. The van der Waals surface area contributed by atoms with Gasteiger partial charge in [0.05, 0.1) is 40.6 Å². The van der Waals surface area contributed by atoms with Gasteiger partial charge in [-0.2, -0.15) is 9.97 Å². The number of benzene rings is 2. The first-order valence-electron chi connectivity index (χ1n) is 19.1. The molecular weight excluding hydrogens is 796 g/mol. The summed E-state index contributed by atoms with van der Waals surface area (Å²) < 4.78 is 32.7. The Balaban J connectivity index is 0.000000228. The van der Waals surface area contributed by atoms with Gasteiger partial charge in [-0.15, -0.1) is 0 Å². The first kappa shape index (κ1) is 45.0. The van der Waals surface area contributed by atoms with Gasteiger partial charge in [0.1, 0.15) is 11.6 Å². The molecule has 6 rings (SSSR count). The van der Waals surface area contributed by atoms with Crippen molar-refractivity contribution >= 4 is 50.8 Å². The minimum atomic E-state index is 0.508. The second-order valence-corrected chi connectivity index (χ2v) is 13.9. The molecule has 0 aliphatic carbocycles. The number of ether oxygens (including phenoxy) is 6. The molecule has 57 heavy (non-hydrogen) atoms. The Bertz CT molecular complexity index is 1740. The van der Waals surface area contributed by atoms with E-state index in [4.69, 9.17) is 23.7 Å². The first-order chi connectivity index (χ1) is 27.9. The molecule has 17 heteroatoms. The van der Waals surface area contributed by atoms with Crippen LogP contribution >= 0.6 is 15.9 Å². The Morgan fingerprint density at radius 3 is 1.74 bits per heavy atom. The van der Waals surface area contributed by atoms with Crippen molar-refractivity contribution in [3.8, 4) is 23.0 Å². The molecule has 2 fully saturated rings. The van der Waals surface area contributed by atoms with Crippen LogP contribution in [0, 0.1) is 11.8 Å². The quantitative estimate of drug-likeness (QED) is 0.0706. The third-order valence-electron chi connectivity index (χ3n) is 9.04. The zero-order valence-electron chi connectivity index (χ0n) is 34.0. The summed E-state index contributed by atoms with van der Waals surface area (Å²) in [6.45, 7) is 8.08. The van der Waals surface area contributed by atoms with E-state index in [1.54, 1.807) is 40.8 Å². The van der Waals surface area contributed by atoms with Crippen LogP contribution in [0.2, 0.25) is 0 Å². The third-order valence-corrected chi connectivity index (χ3v) is 9.36. The lowest BCUT2D eigenvalue weighted by atomic mass is 10.1. The minimum Gasteiger partial charge on any atom is -0.493 e. The fourth-order valence-corrected chi connectivity index (χ4v) is 6.25. The molecular formula is C40H59BrN10O6. The van der Waals surface area contributed by atoms with Crippen LogP contribution in [0.1, 0.15) is 12.8 Å². The average Bonchev–Trinajstić information content (AvgIpc) is 3.95. The van der Waals surface area contributed by atoms with Crippen LogP contribution < -0.4 is 45.5 Å². The van der Waals surface area contributed by atoms with Crippen LogP contribution in [0.5, 0.6) is 23.0 Å². The molecule has 0 radical (unpaired) electrons. The fraction of sp³-hybridized carbons (Fsp3) is 0.500.